The Morgan fingerprint density at radius 2 is 2.18 bits per heavy atom. The number of carbonyl (C=O) groups excluding carboxylic acids is 2. The van der Waals surface area contributed by atoms with E-state index in [9.17, 15) is 14.0 Å². The van der Waals surface area contributed by atoms with Crippen molar-refractivity contribution >= 4 is 23.2 Å². The van der Waals surface area contributed by atoms with E-state index in [2.05, 4.69) is 22.5 Å². The number of carbonyl (C=O) groups is 2. The van der Waals surface area contributed by atoms with Crippen LogP contribution in [0, 0.1) is 11.7 Å². The minimum Gasteiger partial charge on any atom is -0.374 e. The highest BCUT2D eigenvalue weighted by molar-refractivity contribution is 5.94. The monoisotopic (exact) mass is 305 g/mol. The van der Waals surface area contributed by atoms with Crippen LogP contribution in [0.25, 0.3) is 0 Å². The number of hydrogen-bond donors (Lipinski definition) is 3. The molecule has 2 rings (SSSR count). The Morgan fingerprint density at radius 1 is 1.45 bits per heavy atom. The third kappa shape index (κ3) is 4.31. The molecule has 0 heterocycles. The number of benzene rings is 1. The molecule has 5 nitrogen and oxygen atoms in total. The fraction of sp³-hybridized carbons (Fsp3) is 0.375. The highest BCUT2D eigenvalue weighted by Gasteiger charge is 2.30. The molecule has 6 heteroatoms. The van der Waals surface area contributed by atoms with Crippen LogP contribution in [0.2, 0.25) is 0 Å². The number of rotatable bonds is 7. The smallest absolute Gasteiger partial charge is 0.242 e. The highest BCUT2D eigenvalue weighted by atomic mass is 19.1. The van der Waals surface area contributed by atoms with Crippen molar-refractivity contribution in [2.75, 3.05) is 17.2 Å². The van der Waals surface area contributed by atoms with Crippen LogP contribution in [0.15, 0.2) is 30.9 Å². The summed E-state index contributed by atoms with van der Waals surface area (Å²) < 4.78 is 13.7. The van der Waals surface area contributed by atoms with Crippen molar-refractivity contribution in [3.8, 4) is 0 Å². The van der Waals surface area contributed by atoms with Gasteiger partial charge in [0.25, 0.3) is 0 Å². The van der Waals surface area contributed by atoms with Crippen LogP contribution in [-0.4, -0.2) is 24.4 Å². The van der Waals surface area contributed by atoms with Crippen molar-refractivity contribution in [1.29, 1.82) is 0 Å². The largest absolute Gasteiger partial charge is 0.374 e. The molecule has 1 aliphatic rings. The van der Waals surface area contributed by atoms with E-state index in [0.29, 0.717) is 12.2 Å². The van der Waals surface area contributed by atoms with Gasteiger partial charge >= 0.3 is 0 Å². The molecule has 0 aliphatic heterocycles. The Labute approximate surface area is 129 Å². The second-order valence-corrected chi connectivity index (χ2v) is 5.36. The second-order valence-electron chi connectivity index (χ2n) is 5.36. The fourth-order valence-corrected chi connectivity index (χ4v) is 1.93. The van der Waals surface area contributed by atoms with E-state index in [-0.39, 0.29) is 23.4 Å². The molecule has 0 radical (unpaired) electrons. The van der Waals surface area contributed by atoms with E-state index < -0.39 is 11.9 Å². The molecule has 2 amide bonds. The topological polar surface area (TPSA) is 70.2 Å². The van der Waals surface area contributed by atoms with Crippen LogP contribution in [0.3, 0.4) is 0 Å². The third-order valence-corrected chi connectivity index (χ3v) is 3.37. The summed E-state index contributed by atoms with van der Waals surface area (Å²) in [5.74, 6) is -0.844. The maximum Gasteiger partial charge on any atom is 0.242 e. The summed E-state index contributed by atoms with van der Waals surface area (Å²) in [6.07, 6.45) is 3.30. The molecule has 0 spiro atoms. The van der Waals surface area contributed by atoms with E-state index in [1.807, 2.05) is 0 Å². The standard InChI is InChI=1S/C16H20FN3O2/c1-3-8-18-15(21)10(2)19-12-6-7-13(17)14(9-12)20-16(22)11-4-5-11/h3,6-7,9-11,19H,1,4-5,8H2,2H3,(H,18,21)(H,20,22). The lowest BCUT2D eigenvalue weighted by atomic mass is 10.2. The predicted molar refractivity (Wildman–Crippen MR) is 84.0 cm³/mol. The van der Waals surface area contributed by atoms with E-state index in [1.54, 1.807) is 13.0 Å². The van der Waals surface area contributed by atoms with Crippen LogP contribution < -0.4 is 16.0 Å². The first kappa shape index (κ1) is 16.0. The molecule has 1 atom stereocenters. The summed E-state index contributed by atoms with van der Waals surface area (Å²) in [6, 6.07) is 3.79. The molecule has 0 saturated heterocycles. The molecule has 1 aromatic carbocycles. The molecule has 1 aliphatic carbocycles. The van der Waals surface area contributed by atoms with E-state index in [1.165, 1.54) is 18.2 Å². The van der Waals surface area contributed by atoms with Crippen molar-refractivity contribution in [3.05, 3.63) is 36.7 Å². The van der Waals surface area contributed by atoms with Gasteiger partial charge < -0.3 is 16.0 Å². The quantitative estimate of drug-likeness (QED) is 0.677. The van der Waals surface area contributed by atoms with Crippen LogP contribution in [0.4, 0.5) is 15.8 Å². The van der Waals surface area contributed by atoms with Crippen molar-refractivity contribution in [1.82, 2.24) is 5.32 Å². The molecule has 1 unspecified atom stereocenters. The lowest BCUT2D eigenvalue weighted by molar-refractivity contribution is -0.121. The minimum atomic E-state index is -0.497. The Bertz CT molecular complexity index is 585. The average molecular weight is 305 g/mol. The zero-order chi connectivity index (χ0) is 16.1. The summed E-state index contributed by atoms with van der Waals surface area (Å²) in [4.78, 5) is 23.5. The molecule has 1 fully saturated rings. The number of nitrogens with one attached hydrogen (secondary N) is 3. The van der Waals surface area contributed by atoms with Gasteiger partial charge in [-0.25, -0.2) is 4.39 Å². The molecule has 3 N–H and O–H groups in total. The van der Waals surface area contributed by atoms with Gasteiger partial charge in [-0.3, -0.25) is 9.59 Å². The number of anilines is 2. The first-order valence-electron chi connectivity index (χ1n) is 7.27. The van der Waals surface area contributed by atoms with Gasteiger partial charge in [0.1, 0.15) is 11.9 Å². The van der Waals surface area contributed by atoms with Gasteiger partial charge in [-0.1, -0.05) is 6.08 Å². The lowest BCUT2D eigenvalue weighted by Crippen LogP contribution is -2.37. The predicted octanol–water partition coefficient (Wildman–Crippen LogP) is 2.28. The molecule has 1 saturated carbocycles. The zero-order valence-corrected chi connectivity index (χ0v) is 12.5. The van der Waals surface area contributed by atoms with Crippen LogP contribution >= 0.6 is 0 Å². The zero-order valence-electron chi connectivity index (χ0n) is 12.5. The first-order chi connectivity index (χ1) is 10.5. The maximum absolute atomic E-state index is 13.7. The van der Waals surface area contributed by atoms with Gasteiger partial charge in [0, 0.05) is 18.2 Å². The van der Waals surface area contributed by atoms with Crippen molar-refractivity contribution < 1.29 is 14.0 Å². The van der Waals surface area contributed by atoms with Crippen LogP contribution in [0.1, 0.15) is 19.8 Å². The van der Waals surface area contributed by atoms with Crippen molar-refractivity contribution in [3.63, 3.8) is 0 Å². The van der Waals surface area contributed by atoms with Gasteiger partial charge in [0.2, 0.25) is 11.8 Å². The number of amides is 2. The van der Waals surface area contributed by atoms with Gasteiger partial charge in [-0.05, 0) is 38.0 Å². The summed E-state index contributed by atoms with van der Waals surface area (Å²) in [7, 11) is 0. The lowest BCUT2D eigenvalue weighted by Gasteiger charge is -2.16. The Balaban J connectivity index is 2.00. The normalized spacial score (nSPS) is 14.8. The molecular formula is C16H20FN3O2. The Kier molecular flexibility index (Phi) is 5.14. The molecular weight excluding hydrogens is 285 g/mol. The minimum absolute atomic E-state index is 0.000352. The van der Waals surface area contributed by atoms with Crippen LogP contribution in [0.5, 0.6) is 0 Å². The van der Waals surface area contributed by atoms with Crippen molar-refractivity contribution in [2.45, 2.75) is 25.8 Å². The van der Waals surface area contributed by atoms with E-state index >= 15 is 0 Å². The second kappa shape index (κ2) is 7.06. The van der Waals surface area contributed by atoms with Crippen LogP contribution in [-0.2, 0) is 9.59 Å². The van der Waals surface area contributed by atoms with E-state index in [4.69, 9.17) is 0 Å². The van der Waals surface area contributed by atoms with Crippen molar-refractivity contribution in [2.24, 2.45) is 5.92 Å². The van der Waals surface area contributed by atoms with Gasteiger partial charge in [-0.2, -0.15) is 0 Å². The number of hydrogen-bond acceptors (Lipinski definition) is 3. The summed E-state index contributed by atoms with van der Waals surface area (Å²) in [5, 5.41) is 8.22. The molecule has 0 aromatic heterocycles. The summed E-state index contributed by atoms with van der Waals surface area (Å²) in [5.41, 5.74) is 0.689. The molecule has 0 bridgehead atoms. The molecule has 118 valence electrons. The Morgan fingerprint density at radius 3 is 2.82 bits per heavy atom. The molecule has 1 aromatic rings. The highest BCUT2D eigenvalue weighted by Crippen LogP contribution is 2.31. The number of halogens is 1. The summed E-state index contributed by atoms with van der Waals surface area (Å²) >= 11 is 0. The SMILES string of the molecule is C=CCNC(=O)C(C)Nc1ccc(F)c(NC(=O)C2CC2)c1. The van der Waals surface area contributed by atoms with Gasteiger partial charge in [0.05, 0.1) is 5.69 Å². The fourth-order valence-electron chi connectivity index (χ4n) is 1.93. The third-order valence-electron chi connectivity index (χ3n) is 3.37. The van der Waals surface area contributed by atoms with Gasteiger partial charge in [-0.15, -0.1) is 6.58 Å². The Hall–Kier alpha value is -2.37. The van der Waals surface area contributed by atoms with E-state index in [0.717, 1.165) is 12.8 Å². The first-order valence-corrected chi connectivity index (χ1v) is 7.27. The molecule has 22 heavy (non-hydrogen) atoms. The maximum atomic E-state index is 13.7. The average Bonchev–Trinajstić information content (AvgIpc) is 3.32. The van der Waals surface area contributed by atoms with Gasteiger partial charge in [0.15, 0.2) is 0 Å². The summed E-state index contributed by atoms with van der Waals surface area (Å²) in [6.45, 7) is 5.61.